The number of Topliss-reactive ketones (excluding diaryl/α,β-unsaturated/α-hetero) is 1. The smallest absolute Gasteiger partial charge is 0.526 e. The Balaban J connectivity index is 1.64. The van der Waals surface area contributed by atoms with E-state index in [-0.39, 0.29) is 48.4 Å². The minimum atomic E-state index is -1.27. The van der Waals surface area contributed by atoms with Crippen molar-refractivity contribution in [2.45, 2.75) is 37.5 Å². The van der Waals surface area contributed by atoms with Crippen molar-refractivity contribution in [2.75, 3.05) is 13.1 Å². The second kappa shape index (κ2) is 7.47. The molecule has 0 radical (unpaired) electrons. The van der Waals surface area contributed by atoms with Gasteiger partial charge in [-0.15, -0.1) is 0 Å². The Morgan fingerprint density at radius 1 is 1.35 bits per heavy atom. The summed E-state index contributed by atoms with van der Waals surface area (Å²) in [5, 5.41) is 19.4. The lowest BCUT2D eigenvalue weighted by atomic mass is 9.64. The number of aromatic carboxylic acids is 1. The zero-order valence-corrected chi connectivity index (χ0v) is 14.3. The van der Waals surface area contributed by atoms with Gasteiger partial charge in [0.05, 0.1) is 12.1 Å². The van der Waals surface area contributed by atoms with E-state index >= 15 is 0 Å². The molecule has 0 spiro atoms. The topological polar surface area (TPSA) is 130 Å². The van der Waals surface area contributed by atoms with Gasteiger partial charge in [0.2, 0.25) is 5.91 Å². The normalized spacial score (nSPS) is 22.6. The first-order valence-corrected chi connectivity index (χ1v) is 8.60. The zero-order chi connectivity index (χ0) is 18.8. The quantitative estimate of drug-likeness (QED) is 0.634. The van der Waals surface area contributed by atoms with Crippen molar-refractivity contribution in [2.24, 2.45) is 5.73 Å². The standard InChI is InChI=1S/C17H21BN2O6/c19-12-4-5-20(15(22)8-12)9-13(21)7-11-6-10-2-1-3-14(17(23)24)16(10)26-18(11)25/h1-3,11-12,25H,4-9,19H2,(H,23,24)/t11-,12?/m1/s1. The third kappa shape index (κ3) is 3.89. The van der Waals surface area contributed by atoms with Crippen LogP contribution in [0, 0.1) is 0 Å². The predicted molar refractivity (Wildman–Crippen MR) is 92.9 cm³/mol. The second-order valence-electron chi connectivity index (χ2n) is 6.88. The molecule has 1 aromatic carbocycles. The average Bonchev–Trinajstić information content (AvgIpc) is 2.57. The van der Waals surface area contributed by atoms with Gasteiger partial charge in [-0.2, -0.15) is 0 Å². The number of carboxylic acid groups (broad SMARTS) is 1. The molecule has 3 rings (SSSR count). The molecule has 4 N–H and O–H groups in total. The molecule has 2 heterocycles. The van der Waals surface area contributed by atoms with Gasteiger partial charge >= 0.3 is 13.1 Å². The molecule has 9 heteroatoms. The molecule has 0 aliphatic carbocycles. The van der Waals surface area contributed by atoms with E-state index < -0.39 is 18.9 Å². The van der Waals surface area contributed by atoms with Gasteiger partial charge in [0.25, 0.3) is 0 Å². The Hall–Kier alpha value is -2.39. The maximum absolute atomic E-state index is 12.4. The van der Waals surface area contributed by atoms with E-state index in [1.165, 1.54) is 11.0 Å². The molecular weight excluding hydrogens is 339 g/mol. The predicted octanol–water partition coefficient (Wildman–Crippen LogP) is 0.0793. The van der Waals surface area contributed by atoms with Crippen LogP contribution < -0.4 is 10.4 Å². The van der Waals surface area contributed by atoms with Gasteiger partial charge in [0.1, 0.15) is 5.75 Å². The fourth-order valence-electron chi connectivity index (χ4n) is 3.47. The SMILES string of the molecule is NC1CCN(CC(=O)C[C@H]2Cc3cccc(C(=O)O)c3OB2O)C(=O)C1. The Morgan fingerprint density at radius 2 is 2.12 bits per heavy atom. The Kier molecular flexibility index (Phi) is 5.29. The molecule has 2 aliphatic rings. The lowest BCUT2D eigenvalue weighted by Gasteiger charge is -2.31. The van der Waals surface area contributed by atoms with Crippen molar-refractivity contribution in [3.05, 3.63) is 29.3 Å². The van der Waals surface area contributed by atoms with Crippen LogP contribution in [0.3, 0.4) is 0 Å². The number of hydrogen-bond donors (Lipinski definition) is 3. The van der Waals surface area contributed by atoms with Gasteiger partial charge in [-0.05, 0) is 24.5 Å². The van der Waals surface area contributed by atoms with Crippen molar-refractivity contribution < 1.29 is 29.2 Å². The number of hydrogen-bond acceptors (Lipinski definition) is 6. The molecule has 2 aliphatic heterocycles. The second-order valence-corrected chi connectivity index (χ2v) is 6.88. The average molecular weight is 360 g/mol. The van der Waals surface area contributed by atoms with Crippen LogP contribution in [0.15, 0.2) is 18.2 Å². The van der Waals surface area contributed by atoms with Crippen LogP contribution in [0.4, 0.5) is 0 Å². The number of piperidine rings is 1. The molecule has 1 unspecified atom stereocenters. The fraction of sp³-hybridized carbons (Fsp3) is 0.471. The summed E-state index contributed by atoms with van der Waals surface area (Å²) in [6.07, 6.45) is 1.29. The van der Waals surface area contributed by atoms with Gasteiger partial charge in [-0.3, -0.25) is 9.59 Å². The van der Waals surface area contributed by atoms with Gasteiger partial charge in [0, 0.05) is 31.2 Å². The van der Waals surface area contributed by atoms with Gasteiger partial charge < -0.3 is 25.4 Å². The highest BCUT2D eigenvalue weighted by Gasteiger charge is 2.38. The molecule has 1 fully saturated rings. The molecule has 0 bridgehead atoms. The number of carbonyl (C=O) groups excluding carboxylic acids is 2. The Labute approximate surface area is 151 Å². The van der Waals surface area contributed by atoms with Crippen LogP contribution in [-0.2, 0) is 16.0 Å². The number of nitrogens with zero attached hydrogens (tertiary/aromatic N) is 1. The molecule has 1 aromatic rings. The summed E-state index contributed by atoms with van der Waals surface area (Å²) in [4.78, 5) is 37.0. The van der Waals surface area contributed by atoms with E-state index in [2.05, 4.69) is 0 Å². The summed E-state index contributed by atoms with van der Waals surface area (Å²) < 4.78 is 5.39. The third-order valence-corrected chi connectivity index (χ3v) is 4.87. The van der Waals surface area contributed by atoms with Crippen molar-refractivity contribution in [1.82, 2.24) is 4.90 Å². The molecule has 2 atom stereocenters. The minimum Gasteiger partial charge on any atom is -0.535 e. The summed E-state index contributed by atoms with van der Waals surface area (Å²) in [5.74, 6) is -1.77. The molecule has 1 saturated heterocycles. The lowest BCUT2D eigenvalue weighted by Crippen LogP contribution is -2.46. The third-order valence-electron chi connectivity index (χ3n) is 4.87. The van der Waals surface area contributed by atoms with E-state index in [0.29, 0.717) is 24.9 Å². The van der Waals surface area contributed by atoms with Crippen LogP contribution in [-0.4, -0.2) is 58.9 Å². The monoisotopic (exact) mass is 360 g/mol. The number of carboxylic acids is 1. The molecule has 138 valence electrons. The van der Waals surface area contributed by atoms with E-state index in [1.807, 2.05) is 0 Å². The van der Waals surface area contributed by atoms with Gasteiger partial charge in [-0.25, -0.2) is 4.79 Å². The molecule has 26 heavy (non-hydrogen) atoms. The van der Waals surface area contributed by atoms with Gasteiger partial charge in [0.15, 0.2) is 5.78 Å². The highest BCUT2D eigenvalue weighted by molar-refractivity contribution is 6.47. The number of rotatable bonds is 5. The van der Waals surface area contributed by atoms with Crippen LogP contribution >= 0.6 is 0 Å². The number of ketones is 1. The van der Waals surface area contributed by atoms with Crippen LogP contribution in [0.5, 0.6) is 5.75 Å². The summed E-state index contributed by atoms with van der Waals surface area (Å²) in [5.41, 5.74) is 6.37. The van der Waals surface area contributed by atoms with E-state index in [4.69, 9.17) is 10.4 Å². The zero-order valence-electron chi connectivity index (χ0n) is 14.3. The van der Waals surface area contributed by atoms with Gasteiger partial charge in [-0.1, -0.05) is 12.1 Å². The van der Waals surface area contributed by atoms with Crippen LogP contribution in [0.2, 0.25) is 5.82 Å². The number of benzene rings is 1. The first-order valence-electron chi connectivity index (χ1n) is 8.60. The number of carbonyl (C=O) groups is 3. The number of likely N-dealkylation sites (tertiary alicyclic amines) is 1. The van der Waals surface area contributed by atoms with Crippen molar-refractivity contribution in [3.63, 3.8) is 0 Å². The molecule has 0 saturated carbocycles. The van der Waals surface area contributed by atoms with E-state index in [9.17, 15) is 24.5 Å². The number of fused-ring (bicyclic) bond motifs is 1. The fourth-order valence-corrected chi connectivity index (χ4v) is 3.47. The highest BCUT2D eigenvalue weighted by Crippen LogP contribution is 2.36. The molecule has 0 aromatic heterocycles. The minimum absolute atomic E-state index is 0.00318. The summed E-state index contributed by atoms with van der Waals surface area (Å²) in [6.45, 7) is 0.455. The molecular formula is C17H21BN2O6. The Bertz CT molecular complexity index is 740. The van der Waals surface area contributed by atoms with Crippen LogP contribution in [0.1, 0.15) is 35.2 Å². The number of amides is 1. The molecule has 1 amide bonds. The van der Waals surface area contributed by atoms with Crippen molar-refractivity contribution in [1.29, 1.82) is 0 Å². The van der Waals surface area contributed by atoms with E-state index in [1.54, 1.807) is 12.1 Å². The largest absolute Gasteiger partial charge is 0.535 e. The summed E-state index contributed by atoms with van der Waals surface area (Å²) in [7, 11) is -1.27. The van der Waals surface area contributed by atoms with Crippen LogP contribution in [0.25, 0.3) is 0 Å². The lowest BCUT2D eigenvalue weighted by molar-refractivity contribution is -0.137. The van der Waals surface area contributed by atoms with Crippen molar-refractivity contribution >= 4 is 24.8 Å². The first kappa shape index (κ1) is 18.4. The number of nitrogens with two attached hydrogens (primary N) is 1. The summed E-state index contributed by atoms with van der Waals surface area (Å²) >= 11 is 0. The number of para-hydroxylation sites is 1. The first-order chi connectivity index (χ1) is 12.3. The highest BCUT2D eigenvalue weighted by atomic mass is 16.5. The maximum atomic E-state index is 12.4. The Morgan fingerprint density at radius 3 is 2.81 bits per heavy atom. The maximum Gasteiger partial charge on any atom is 0.526 e. The van der Waals surface area contributed by atoms with Crippen molar-refractivity contribution in [3.8, 4) is 5.75 Å². The van der Waals surface area contributed by atoms with E-state index in [0.717, 1.165) is 0 Å². The molecule has 8 nitrogen and oxygen atoms in total. The summed E-state index contributed by atoms with van der Waals surface area (Å²) in [6, 6.07) is 4.59.